The van der Waals surface area contributed by atoms with Crippen molar-refractivity contribution in [2.24, 2.45) is 5.73 Å². The minimum atomic E-state index is -1.16. The number of hydrogen-bond donors (Lipinski definition) is 1. The largest absolute Gasteiger partial charge is 0.463 e. The fourth-order valence-electron chi connectivity index (χ4n) is 2.40. The number of rotatable bonds is 8. The van der Waals surface area contributed by atoms with Crippen LogP contribution in [0, 0.1) is 0 Å². The van der Waals surface area contributed by atoms with Crippen LogP contribution in [0.1, 0.15) is 40.0 Å². The van der Waals surface area contributed by atoms with E-state index in [1.807, 2.05) is 0 Å². The van der Waals surface area contributed by atoms with Crippen LogP contribution in [0.25, 0.3) is 0 Å². The molecule has 0 aliphatic carbocycles. The van der Waals surface area contributed by atoms with Crippen LogP contribution >= 0.6 is 0 Å². The van der Waals surface area contributed by atoms with Crippen molar-refractivity contribution in [3.63, 3.8) is 0 Å². The molecule has 0 aromatic carbocycles. The highest BCUT2D eigenvalue weighted by Crippen LogP contribution is 2.27. The zero-order chi connectivity index (χ0) is 20.6. The van der Waals surface area contributed by atoms with Gasteiger partial charge in [-0.2, -0.15) is 0 Å². The average molecular weight is 389 g/mol. The van der Waals surface area contributed by atoms with Crippen molar-refractivity contribution in [2.45, 2.75) is 64.6 Å². The summed E-state index contributed by atoms with van der Waals surface area (Å²) in [5, 5.41) is 0. The number of hydrogen-bond acceptors (Lipinski definition) is 10. The maximum Gasteiger partial charge on any atom is 0.308 e. The molecule has 152 valence electrons. The quantitative estimate of drug-likeness (QED) is 0.417. The van der Waals surface area contributed by atoms with Gasteiger partial charge >= 0.3 is 23.9 Å². The van der Waals surface area contributed by atoms with Crippen LogP contribution in [-0.2, 0) is 47.7 Å². The van der Waals surface area contributed by atoms with Crippen molar-refractivity contribution in [1.82, 2.24) is 0 Å². The van der Waals surface area contributed by atoms with Crippen LogP contribution in [0.4, 0.5) is 0 Å². The molecular weight excluding hydrogens is 366 g/mol. The van der Waals surface area contributed by atoms with Gasteiger partial charge in [0.2, 0.25) is 12.2 Å². The predicted octanol–water partition coefficient (Wildman–Crippen LogP) is -0.663. The molecule has 2 N–H and O–H groups in total. The maximum atomic E-state index is 11.8. The lowest BCUT2D eigenvalue weighted by Crippen LogP contribution is -2.54. The number of esters is 4. The molecule has 0 aromatic heterocycles. The molecule has 1 fully saturated rings. The summed E-state index contributed by atoms with van der Waals surface area (Å²) in [6.07, 6.45) is -4.83. The second-order valence-corrected chi connectivity index (χ2v) is 5.82. The van der Waals surface area contributed by atoms with Crippen LogP contribution in [0.15, 0.2) is 0 Å². The normalized spacial score (nSPS) is 24.4. The molecule has 0 spiro atoms. The van der Waals surface area contributed by atoms with Crippen LogP contribution in [0.3, 0.4) is 0 Å². The summed E-state index contributed by atoms with van der Waals surface area (Å²) in [5.74, 6) is -3.34. The lowest BCUT2D eigenvalue weighted by atomic mass is 10.0. The highest BCUT2D eigenvalue weighted by Gasteiger charge is 2.45. The maximum absolute atomic E-state index is 11.8. The van der Waals surface area contributed by atoms with Gasteiger partial charge in [0.1, 0.15) is 18.8 Å². The molecule has 1 rings (SSSR count). The van der Waals surface area contributed by atoms with Crippen LogP contribution in [0.5, 0.6) is 0 Å². The van der Waals surface area contributed by atoms with E-state index in [2.05, 4.69) is 0 Å². The highest BCUT2D eigenvalue weighted by atomic mass is 16.7. The van der Waals surface area contributed by atoms with E-state index in [0.29, 0.717) is 0 Å². The lowest BCUT2D eigenvalue weighted by Gasteiger charge is -2.39. The molecule has 27 heavy (non-hydrogen) atoms. The number of ether oxygens (including phenoxy) is 5. The van der Waals surface area contributed by atoms with Gasteiger partial charge in [-0.3, -0.25) is 24.0 Å². The Hall–Kier alpha value is -2.69. The van der Waals surface area contributed by atoms with Gasteiger partial charge in [0, 0.05) is 27.2 Å². The molecule has 1 heterocycles. The zero-order valence-electron chi connectivity index (χ0n) is 15.3. The summed E-state index contributed by atoms with van der Waals surface area (Å²) in [7, 11) is 0. The minimum Gasteiger partial charge on any atom is -0.463 e. The Morgan fingerprint density at radius 1 is 0.926 bits per heavy atom. The van der Waals surface area contributed by atoms with Gasteiger partial charge in [-0.05, 0) is 0 Å². The van der Waals surface area contributed by atoms with Crippen LogP contribution in [0.2, 0.25) is 0 Å². The van der Waals surface area contributed by atoms with Gasteiger partial charge in [-0.15, -0.1) is 0 Å². The average Bonchev–Trinajstić information content (AvgIpc) is 2.52. The summed E-state index contributed by atoms with van der Waals surface area (Å²) in [6, 6.07) is 0. The molecule has 1 aliphatic rings. The number of nitrogens with two attached hydrogens (primary N) is 1. The SMILES string of the molecule is CC(=O)OC[C@H]1O[C@@H](OC(=O)CCC(N)=O)C[C@@H](OC(C)=O)[C@H]1OC(C)=O. The number of primary amides is 1. The minimum absolute atomic E-state index is 0.115. The summed E-state index contributed by atoms with van der Waals surface area (Å²) >= 11 is 0. The summed E-state index contributed by atoms with van der Waals surface area (Å²) in [4.78, 5) is 56.4. The van der Waals surface area contributed by atoms with Crippen molar-refractivity contribution in [2.75, 3.05) is 6.61 Å². The highest BCUT2D eigenvalue weighted by molar-refractivity contribution is 5.80. The molecule has 1 saturated heterocycles. The van der Waals surface area contributed by atoms with Gasteiger partial charge < -0.3 is 29.4 Å². The zero-order valence-corrected chi connectivity index (χ0v) is 15.3. The lowest BCUT2D eigenvalue weighted by molar-refractivity contribution is -0.260. The van der Waals surface area contributed by atoms with Crippen molar-refractivity contribution in [3.8, 4) is 0 Å². The smallest absolute Gasteiger partial charge is 0.308 e. The van der Waals surface area contributed by atoms with Gasteiger partial charge in [-0.25, -0.2) is 0 Å². The van der Waals surface area contributed by atoms with Crippen molar-refractivity contribution in [3.05, 3.63) is 0 Å². The molecule has 0 aromatic rings. The monoisotopic (exact) mass is 389 g/mol. The Balaban J connectivity index is 2.90. The van der Waals surface area contributed by atoms with Gasteiger partial charge in [-0.1, -0.05) is 0 Å². The Morgan fingerprint density at radius 3 is 2.07 bits per heavy atom. The molecule has 11 nitrogen and oxygen atoms in total. The standard InChI is InChI=1S/C16H23NO10/c1-8(18)23-7-12-16(25-10(3)20)11(24-9(2)19)6-15(26-12)27-14(22)5-4-13(17)21/h11-12,15-16H,4-7H2,1-3H3,(H2,17,21)/t11-,12-,15+,16-/m1/s1. The summed E-state index contributed by atoms with van der Waals surface area (Å²) in [6.45, 7) is 3.17. The van der Waals surface area contributed by atoms with Crippen LogP contribution in [-0.4, -0.2) is 61.0 Å². The molecule has 0 radical (unpaired) electrons. The molecule has 0 unspecified atom stereocenters. The van der Waals surface area contributed by atoms with E-state index in [0.717, 1.165) is 13.8 Å². The summed E-state index contributed by atoms with van der Waals surface area (Å²) < 4.78 is 25.8. The molecular formula is C16H23NO10. The van der Waals surface area contributed by atoms with Gasteiger partial charge in [0.05, 0.1) is 12.8 Å². The third-order valence-electron chi connectivity index (χ3n) is 3.39. The third-order valence-corrected chi connectivity index (χ3v) is 3.39. The van der Waals surface area contributed by atoms with E-state index in [1.165, 1.54) is 6.92 Å². The molecule has 4 atom stereocenters. The van der Waals surface area contributed by atoms with E-state index >= 15 is 0 Å². The summed E-state index contributed by atoms with van der Waals surface area (Å²) in [5.41, 5.74) is 4.97. The van der Waals surface area contributed by atoms with Gasteiger partial charge in [0.15, 0.2) is 6.10 Å². The van der Waals surface area contributed by atoms with E-state index in [4.69, 9.17) is 29.4 Å². The Bertz CT molecular complexity index is 590. The molecule has 0 saturated carbocycles. The van der Waals surface area contributed by atoms with Crippen molar-refractivity contribution >= 4 is 29.8 Å². The Kier molecular flexibility index (Phi) is 8.66. The Labute approximate surface area is 155 Å². The third kappa shape index (κ3) is 8.49. The molecule has 1 amide bonds. The van der Waals surface area contributed by atoms with E-state index in [1.54, 1.807) is 0 Å². The predicted molar refractivity (Wildman–Crippen MR) is 85.5 cm³/mol. The number of carbonyl (C=O) groups excluding carboxylic acids is 5. The topological polar surface area (TPSA) is 158 Å². The first-order valence-electron chi connectivity index (χ1n) is 8.19. The fraction of sp³-hybridized carbons (Fsp3) is 0.688. The second-order valence-electron chi connectivity index (χ2n) is 5.82. The second kappa shape index (κ2) is 10.5. The van der Waals surface area contributed by atoms with Crippen molar-refractivity contribution < 1.29 is 47.7 Å². The van der Waals surface area contributed by atoms with Crippen molar-refractivity contribution in [1.29, 1.82) is 0 Å². The fourth-order valence-corrected chi connectivity index (χ4v) is 2.40. The van der Waals surface area contributed by atoms with E-state index < -0.39 is 54.4 Å². The molecule has 0 bridgehead atoms. The number of amides is 1. The number of carbonyl (C=O) groups is 5. The first-order valence-corrected chi connectivity index (χ1v) is 8.19. The first kappa shape index (κ1) is 22.4. The molecule has 1 aliphatic heterocycles. The Morgan fingerprint density at radius 2 is 1.56 bits per heavy atom. The van der Waals surface area contributed by atoms with Crippen LogP contribution < -0.4 is 5.73 Å². The van der Waals surface area contributed by atoms with Gasteiger partial charge in [0.25, 0.3) is 0 Å². The first-order chi connectivity index (χ1) is 12.6. The van der Waals surface area contributed by atoms with E-state index in [9.17, 15) is 24.0 Å². The molecule has 11 heteroatoms. The van der Waals surface area contributed by atoms with E-state index in [-0.39, 0.29) is 25.9 Å².